The number of Topliss-reactive ketones (excluding diaryl/α,β-unsaturated/α-hetero) is 1. The van der Waals surface area contributed by atoms with Crippen LogP contribution in [-0.4, -0.2) is 12.4 Å². The van der Waals surface area contributed by atoms with Gasteiger partial charge in [-0.1, -0.05) is 23.7 Å². The summed E-state index contributed by atoms with van der Waals surface area (Å²) in [4.78, 5) is 12.5. The average Bonchev–Trinajstić information content (AvgIpc) is 2.77. The first kappa shape index (κ1) is 13.1. The molecule has 0 amide bonds. The lowest BCUT2D eigenvalue weighted by Crippen LogP contribution is -2.10. The first-order valence-electron chi connectivity index (χ1n) is 5.55. The third-order valence-corrected chi connectivity index (χ3v) is 3.82. The van der Waals surface area contributed by atoms with Gasteiger partial charge in [-0.3, -0.25) is 4.79 Å². The van der Waals surface area contributed by atoms with Crippen molar-refractivity contribution in [3.05, 3.63) is 50.7 Å². The van der Waals surface area contributed by atoms with Gasteiger partial charge in [-0.25, -0.2) is 0 Å². The van der Waals surface area contributed by atoms with Crippen molar-refractivity contribution >= 4 is 28.7 Å². The third kappa shape index (κ3) is 3.12. The van der Waals surface area contributed by atoms with Crippen molar-refractivity contribution in [2.24, 2.45) is 0 Å². The molecule has 1 heterocycles. The molecule has 0 saturated heterocycles. The summed E-state index contributed by atoms with van der Waals surface area (Å²) < 4.78 is 6.17. The fourth-order valence-corrected chi connectivity index (χ4v) is 2.51. The van der Waals surface area contributed by atoms with Crippen molar-refractivity contribution in [1.82, 2.24) is 0 Å². The number of rotatable bonds is 4. The molecule has 0 saturated carbocycles. The van der Waals surface area contributed by atoms with Crippen molar-refractivity contribution < 1.29 is 9.53 Å². The maximum atomic E-state index is 11.9. The van der Waals surface area contributed by atoms with Crippen molar-refractivity contribution in [2.45, 2.75) is 13.8 Å². The second-order valence-electron chi connectivity index (χ2n) is 4.08. The van der Waals surface area contributed by atoms with Gasteiger partial charge >= 0.3 is 0 Å². The van der Waals surface area contributed by atoms with Gasteiger partial charge in [0.05, 0.1) is 9.21 Å². The fraction of sp³-hybridized carbons (Fsp3) is 0.214. The molecule has 0 spiro atoms. The Morgan fingerprint density at radius 1 is 1.28 bits per heavy atom. The van der Waals surface area contributed by atoms with Gasteiger partial charge in [0.2, 0.25) is 5.78 Å². The molecule has 2 nitrogen and oxygen atoms in total. The van der Waals surface area contributed by atoms with Gasteiger partial charge < -0.3 is 4.74 Å². The van der Waals surface area contributed by atoms with Gasteiger partial charge in [-0.15, -0.1) is 11.3 Å². The van der Waals surface area contributed by atoms with Crippen LogP contribution in [0.5, 0.6) is 5.75 Å². The van der Waals surface area contributed by atoms with Crippen LogP contribution < -0.4 is 4.74 Å². The Morgan fingerprint density at radius 2 is 2.06 bits per heavy atom. The van der Waals surface area contributed by atoms with Gasteiger partial charge in [0.1, 0.15) is 5.75 Å². The number of thiophene rings is 1. The summed E-state index contributed by atoms with van der Waals surface area (Å²) in [6.07, 6.45) is 0. The molecule has 4 heteroatoms. The van der Waals surface area contributed by atoms with E-state index < -0.39 is 0 Å². The molecule has 94 valence electrons. The molecule has 1 aromatic heterocycles. The molecule has 0 radical (unpaired) electrons. The molecule has 2 aromatic rings. The predicted octanol–water partition coefficient (Wildman–Crippen LogP) is 4.28. The lowest BCUT2D eigenvalue weighted by Gasteiger charge is -2.08. The standard InChI is InChI=1S/C14H13ClO2S/c1-9-3-4-10(2)12(7-9)17-8-11(16)13-5-6-14(15)18-13/h3-7H,8H2,1-2H3. The quantitative estimate of drug-likeness (QED) is 0.782. The van der Waals surface area contributed by atoms with E-state index in [1.807, 2.05) is 32.0 Å². The van der Waals surface area contributed by atoms with Crippen LogP contribution in [0.3, 0.4) is 0 Å². The van der Waals surface area contributed by atoms with Crippen LogP contribution >= 0.6 is 22.9 Å². The van der Waals surface area contributed by atoms with Crippen LogP contribution in [0.4, 0.5) is 0 Å². The Bertz CT molecular complexity index is 575. The zero-order valence-electron chi connectivity index (χ0n) is 10.2. The number of carbonyl (C=O) groups excluding carboxylic acids is 1. The molecule has 0 atom stereocenters. The molecular formula is C14H13ClO2S. The van der Waals surface area contributed by atoms with Crippen molar-refractivity contribution in [3.63, 3.8) is 0 Å². The highest BCUT2D eigenvalue weighted by Gasteiger charge is 2.10. The molecule has 0 aliphatic heterocycles. The third-order valence-electron chi connectivity index (χ3n) is 2.55. The van der Waals surface area contributed by atoms with E-state index in [4.69, 9.17) is 16.3 Å². The van der Waals surface area contributed by atoms with Crippen LogP contribution in [0.1, 0.15) is 20.8 Å². The maximum Gasteiger partial charge on any atom is 0.210 e. The molecule has 0 fully saturated rings. The normalized spacial score (nSPS) is 10.4. The minimum absolute atomic E-state index is 0.0428. The number of carbonyl (C=O) groups is 1. The fourth-order valence-electron chi connectivity index (χ4n) is 1.54. The number of ketones is 1. The van der Waals surface area contributed by atoms with Crippen molar-refractivity contribution in [3.8, 4) is 5.75 Å². The Kier molecular flexibility index (Phi) is 4.04. The summed E-state index contributed by atoms with van der Waals surface area (Å²) in [5.74, 6) is 0.707. The Balaban J connectivity index is 2.03. The number of benzene rings is 1. The second-order valence-corrected chi connectivity index (χ2v) is 5.80. The topological polar surface area (TPSA) is 26.3 Å². The van der Waals surface area contributed by atoms with Crippen LogP contribution in [0.2, 0.25) is 4.34 Å². The van der Waals surface area contributed by atoms with Crippen molar-refractivity contribution in [2.75, 3.05) is 6.61 Å². The highest BCUT2D eigenvalue weighted by Crippen LogP contribution is 2.23. The zero-order chi connectivity index (χ0) is 13.1. The highest BCUT2D eigenvalue weighted by atomic mass is 35.5. The summed E-state index contributed by atoms with van der Waals surface area (Å²) in [5, 5.41) is 0. The van der Waals surface area contributed by atoms with Crippen molar-refractivity contribution in [1.29, 1.82) is 0 Å². The van der Waals surface area contributed by atoms with Gasteiger partial charge in [0, 0.05) is 0 Å². The Labute approximate surface area is 115 Å². The van der Waals surface area contributed by atoms with Gasteiger partial charge in [0.15, 0.2) is 6.61 Å². The van der Waals surface area contributed by atoms with Gasteiger partial charge in [0.25, 0.3) is 0 Å². The monoisotopic (exact) mass is 280 g/mol. The van der Waals surface area contributed by atoms with Crippen LogP contribution in [0.25, 0.3) is 0 Å². The Hall–Kier alpha value is -1.32. The molecule has 1 aromatic carbocycles. The average molecular weight is 281 g/mol. The molecule has 18 heavy (non-hydrogen) atoms. The zero-order valence-corrected chi connectivity index (χ0v) is 11.8. The van der Waals surface area contributed by atoms with Gasteiger partial charge in [-0.2, -0.15) is 0 Å². The summed E-state index contributed by atoms with van der Waals surface area (Å²) in [7, 11) is 0. The second kappa shape index (κ2) is 5.55. The summed E-state index contributed by atoms with van der Waals surface area (Å²) in [6, 6.07) is 9.38. The Morgan fingerprint density at radius 3 is 2.72 bits per heavy atom. The minimum Gasteiger partial charge on any atom is -0.485 e. The van der Waals surface area contributed by atoms with E-state index in [-0.39, 0.29) is 12.4 Å². The van der Waals surface area contributed by atoms with E-state index in [1.54, 1.807) is 12.1 Å². The van der Waals surface area contributed by atoms with Crippen LogP contribution in [0, 0.1) is 13.8 Å². The van der Waals surface area contributed by atoms with Crippen LogP contribution in [-0.2, 0) is 0 Å². The summed E-state index contributed by atoms with van der Waals surface area (Å²) >= 11 is 7.07. The minimum atomic E-state index is -0.0483. The highest BCUT2D eigenvalue weighted by molar-refractivity contribution is 7.18. The molecule has 0 unspecified atom stereocenters. The smallest absolute Gasteiger partial charge is 0.210 e. The van der Waals surface area contributed by atoms with E-state index in [9.17, 15) is 4.79 Å². The molecule has 0 N–H and O–H groups in total. The molecule has 0 aliphatic carbocycles. The largest absolute Gasteiger partial charge is 0.485 e. The number of ether oxygens (including phenoxy) is 1. The number of hydrogen-bond donors (Lipinski definition) is 0. The summed E-state index contributed by atoms with van der Waals surface area (Å²) in [6.45, 7) is 4.00. The lowest BCUT2D eigenvalue weighted by atomic mass is 10.1. The first-order chi connectivity index (χ1) is 8.56. The molecular weight excluding hydrogens is 268 g/mol. The van der Waals surface area contributed by atoms with E-state index in [2.05, 4.69) is 0 Å². The number of hydrogen-bond acceptors (Lipinski definition) is 3. The van der Waals surface area contributed by atoms with E-state index in [0.29, 0.717) is 9.21 Å². The van der Waals surface area contributed by atoms with Crippen LogP contribution in [0.15, 0.2) is 30.3 Å². The van der Waals surface area contributed by atoms with E-state index in [1.165, 1.54) is 11.3 Å². The SMILES string of the molecule is Cc1ccc(C)c(OCC(=O)c2ccc(Cl)s2)c1. The predicted molar refractivity (Wildman–Crippen MR) is 75.1 cm³/mol. The van der Waals surface area contributed by atoms with Gasteiger partial charge in [-0.05, 0) is 43.2 Å². The number of halogens is 1. The van der Waals surface area contributed by atoms with E-state index in [0.717, 1.165) is 16.9 Å². The molecule has 0 aliphatic rings. The molecule has 2 rings (SSSR count). The maximum absolute atomic E-state index is 11.9. The first-order valence-corrected chi connectivity index (χ1v) is 6.74. The summed E-state index contributed by atoms with van der Waals surface area (Å²) in [5.41, 5.74) is 2.14. The van der Waals surface area contributed by atoms with E-state index >= 15 is 0 Å². The molecule has 0 bridgehead atoms. The lowest BCUT2D eigenvalue weighted by molar-refractivity contribution is 0.0925. The number of aryl methyl sites for hydroxylation is 2.